The van der Waals surface area contributed by atoms with Crippen LogP contribution in [0.3, 0.4) is 0 Å². The van der Waals surface area contributed by atoms with Crippen molar-refractivity contribution in [3.8, 4) is 5.75 Å². The van der Waals surface area contributed by atoms with Gasteiger partial charge in [0.25, 0.3) is 0 Å². The van der Waals surface area contributed by atoms with E-state index < -0.39 is 0 Å². The number of para-hydroxylation sites is 1. The molecule has 0 unspecified atom stereocenters. The Kier molecular flexibility index (Phi) is 3.51. The molecule has 0 fully saturated rings. The molecule has 0 atom stereocenters. The predicted molar refractivity (Wildman–Crippen MR) is 71.9 cm³/mol. The van der Waals surface area contributed by atoms with Gasteiger partial charge < -0.3 is 10.5 Å². The van der Waals surface area contributed by atoms with E-state index in [0.717, 1.165) is 15.8 Å². The van der Waals surface area contributed by atoms with Crippen LogP contribution in [0.25, 0.3) is 0 Å². The number of anilines is 1. The molecule has 0 aliphatic heterocycles. The molecule has 1 heterocycles. The molecule has 2 aromatic rings. The van der Waals surface area contributed by atoms with Gasteiger partial charge >= 0.3 is 0 Å². The number of nitrogen functional groups attached to an aromatic ring is 1. The smallest absolute Gasteiger partial charge is 0.145 e. The minimum Gasteiger partial charge on any atom is -0.486 e. The summed E-state index contributed by atoms with van der Waals surface area (Å²) in [5.74, 6) is 0.780. The first-order valence-corrected chi connectivity index (χ1v) is 6.55. The second kappa shape index (κ2) is 4.89. The number of ether oxygens (including phenoxy) is 1. The number of rotatable bonds is 3. The highest BCUT2D eigenvalue weighted by atomic mass is 79.9. The molecule has 1 aromatic heterocycles. The monoisotopic (exact) mass is 297 g/mol. The van der Waals surface area contributed by atoms with Gasteiger partial charge in [-0.1, -0.05) is 12.1 Å². The Morgan fingerprint density at radius 2 is 2.19 bits per heavy atom. The second-order valence-corrected chi connectivity index (χ2v) is 5.33. The third kappa shape index (κ3) is 2.39. The number of benzene rings is 1. The molecule has 2 nitrogen and oxygen atoms in total. The van der Waals surface area contributed by atoms with E-state index in [-0.39, 0.29) is 0 Å². The first-order chi connectivity index (χ1) is 7.68. The van der Waals surface area contributed by atoms with E-state index in [4.69, 9.17) is 10.5 Å². The van der Waals surface area contributed by atoms with Gasteiger partial charge in [0.1, 0.15) is 12.4 Å². The summed E-state index contributed by atoms with van der Waals surface area (Å²) in [7, 11) is 0. The molecule has 84 valence electrons. The van der Waals surface area contributed by atoms with Crippen LogP contribution in [0.2, 0.25) is 0 Å². The van der Waals surface area contributed by atoms with Crippen molar-refractivity contribution in [1.82, 2.24) is 0 Å². The highest BCUT2D eigenvalue weighted by Crippen LogP contribution is 2.29. The van der Waals surface area contributed by atoms with Crippen molar-refractivity contribution in [1.29, 1.82) is 0 Å². The van der Waals surface area contributed by atoms with Crippen molar-refractivity contribution in [2.24, 2.45) is 0 Å². The van der Waals surface area contributed by atoms with Crippen LogP contribution in [0.5, 0.6) is 5.75 Å². The molecule has 1 aromatic carbocycles. The lowest BCUT2D eigenvalue weighted by atomic mass is 10.2. The molecular weight excluding hydrogens is 286 g/mol. The van der Waals surface area contributed by atoms with Crippen LogP contribution in [0.4, 0.5) is 5.69 Å². The fraction of sp³-hybridized carbons (Fsp3) is 0.167. The van der Waals surface area contributed by atoms with Crippen molar-refractivity contribution >= 4 is 33.0 Å². The maximum Gasteiger partial charge on any atom is 0.145 e. The number of halogens is 1. The molecular formula is C12H12BrNOS. The van der Waals surface area contributed by atoms with Gasteiger partial charge in [-0.05, 0) is 45.9 Å². The Hall–Kier alpha value is -1.00. The fourth-order valence-corrected chi connectivity index (χ4v) is 2.82. The van der Waals surface area contributed by atoms with Gasteiger partial charge in [0, 0.05) is 4.47 Å². The standard InChI is InChI=1S/C12H12BrNOS/c1-8-3-2-4-10(14)12(8)15-7-11-9(13)5-6-16-11/h2-6H,7,14H2,1H3. The average Bonchev–Trinajstić information content (AvgIpc) is 2.64. The third-order valence-corrected chi connectivity index (χ3v) is 4.18. The van der Waals surface area contributed by atoms with Crippen LogP contribution in [0.15, 0.2) is 34.1 Å². The van der Waals surface area contributed by atoms with Crippen molar-refractivity contribution in [3.05, 3.63) is 44.6 Å². The normalized spacial score (nSPS) is 10.4. The number of thiophene rings is 1. The zero-order valence-electron chi connectivity index (χ0n) is 8.87. The van der Waals surface area contributed by atoms with Crippen molar-refractivity contribution in [2.75, 3.05) is 5.73 Å². The first kappa shape index (κ1) is 11.5. The largest absolute Gasteiger partial charge is 0.486 e. The van der Waals surface area contributed by atoms with Gasteiger partial charge in [-0.25, -0.2) is 0 Å². The molecule has 2 rings (SSSR count). The van der Waals surface area contributed by atoms with E-state index in [1.165, 1.54) is 4.88 Å². The second-order valence-electron chi connectivity index (χ2n) is 3.47. The van der Waals surface area contributed by atoms with Gasteiger partial charge in [0.05, 0.1) is 10.6 Å². The lowest BCUT2D eigenvalue weighted by molar-refractivity contribution is 0.309. The van der Waals surface area contributed by atoms with Crippen molar-refractivity contribution in [2.45, 2.75) is 13.5 Å². The van der Waals surface area contributed by atoms with Gasteiger partial charge in [-0.2, -0.15) is 0 Å². The summed E-state index contributed by atoms with van der Waals surface area (Å²) in [5.41, 5.74) is 7.62. The molecule has 2 N–H and O–H groups in total. The van der Waals surface area contributed by atoms with E-state index in [1.54, 1.807) is 11.3 Å². The van der Waals surface area contributed by atoms with Crippen LogP contribution in [-0.2, 0) is 6.61 Å². The number of hydrogen-bond donors (Lipinski definition) is 1. The van der Waals surface area contributed by atoms with Gasteiger partial charge in [0.15, 0.2) is 0 Å². The highest BCUT2D eigenvalue weighted by Gasteiger charge is 2.06. The SMILES string of the molecule is Cc1cccc(N)c1OCc1sccc1Br. The van der Waals surface area contributed by atoms with Crippen LogP contribution >= 0.6 is 27.3 Å². The minimum absolute atomic E-state index is 0.549. The molecule has 0 radical (unpaired) electrons. The van der Waals surface area contributed by atoms with Crippen LogP contribution in [-0.4, -0.2) is 0 Å². The highest BCUT2D eigenvalue weighted by molar-refractivity contribution is 9.10. The minimum atomic E-state index is 0.549. The van der Waals surface area contributed by atoms with E-state index in [1.807, 2.05) is 36.6 Å². The van der Waals surface area contributed by atoms with Gasteiger partial charge in [0.2, 0.25) is 0 Å². The zero-order valence-corrected chi connectivity index (χ0v) is 11.3. The summed E-state index contributed by atoms with van der Waals surface area (Å²) in [6.07, 6.45) is 0. The first-order valence-electron chi connectivity index (χ1n) is 4.88. The third-order valence-electron chi connectivity index (χ3n) is 2.28. The molecule has 4 heteroatoms. The summed E-state index contributed by atoms with van der Waals surface area (Å²) in [4.78, 5) is 1.17. The van der Waals surface area contributed by atoms with Crippen molar-refractivity contribution < 1.29 is 4.74 Å². The summed E-state index contributed by atoms with van der Waals surface area (Å²) in [6, 6.07) is 7.80. The Bertz CT molecular complexity index is 475. The Morgan fingerprint density at radius 3 is 2.81 bits per heavy atom. The molecule has 0 aliphatic rings. The number of aryl methyl sites for hydroxylation is 1. The number of hydrogen-bond acceptors (Lipinski definition) is 3. The van der Waals surface area contributed by atoms with E-state index in [0.29, 0.717) is 12.3 Å². The van der Waals surface area contributed by atoms with Crippen molar-refractivity contribution in [3.63, 3.8) is 0 Å². The van der Waals surface area contributed by atoms with E-state index >= 15 is 0 Å². The lowest BCUT2D eigenvalue weighted by Crippen LogP contribution is -1.99. The molecule has 0 saturated carbocycles. The van der Waals surface area contributed by atoms with E-state index in [2.05, 4.69) is 15.9 Å². The summed E-state index contributed by atoms with van der Waals surface area (Å²) < 4.78 is 6.84. The fourth-order valence-electron chi connectivity index (χ4n) is 1.44. The molecule has 0 aliphatic carbocycles. The van der Waals surface area contributed by atoms with Gasteiger partial charge in [-0.3, -0.25) is 0 Å². The molecule has 0 amide bonds. The lowest BCUT2D eigenvalue weighted by Gasteiger charge is -2.10. The Morgan fingerprint density at radius 1 is 1.38 bits per heavy atom. The average molecular weight is 298 g/mol. The molecule has 16 heavy (non-hydrogen) atoms. The quantitative estimate of drug-likeness (QED) is 0.870. The van der Waals surface area contributed by atoms with Gasteiger partial charge in [-0.15, -0.1) is 11.3 Å². The zero-order chi connectivity index (χ0) is 11.5. The summed E-state index contributed by atoms with van der Waals surface area (Å²) in [6.45, 7) is 2.54. The van der Waals surface area contributed by atoms with Crippen LogP contribution < -0.4 is 10.5 Å². The Labute approximate surface area is 107 Å². The Balaban J connectivity index is 2.14. The summed E-state index contributed by atoms with van der Waals surface area (Å²) in [5, 5.41) is 2.03. The van der Waals surface area contributed by atoms with Crippen LogP contribution in [0.1, 0.15) is 10.4 Å². The van der Waals surface area contributed by atoms with Crippen LogP contribution in [0, 0.1) is 6.92 Å². The number of nitrogens with two attached hydrogens (primary N) is 1. The predicted octanol–water partition coefficient (Wildman–Crippen LogP) is 3.98. The maximum atomic E-state index is 5.87. The van der Waals surface area contributed by atoms with E-state index in [9.17, 15) is 0 Å². The maximum absolute atomic E-state index is 5.87. The molecule has 0 bridgehead atoms. The summed E-state index contributed by atoms with van der Waals surface area (Å²) >= 11 is 5.14. The molecule has 0 spiro atoms. The molecule has 0 saturated heterocycles. The topological polar surface area (TPSA) is 35.2 Å².